The van der Waals surface area contributed by atoms with Gasteiger partial charge >= 0.3 is 6.09 Å². The first-order valence-electron chi connectivity index (χ1n) is 34.6. The van der Waals surface area contributed by atoms with Gasteiger partial charge in [0.1, 0.15) is 81.1 Å². The van der Waals surface area contributed by atoms with E-state index in [2.05, 4.69) is 74.4 Å². The molecule has 3 aromatic rings. The minimum Gasteiger partial charge on any atom is -0.444 e. The highest BCUT2D eigenvalue weighted by molar-refractivity contribution is 8.77. The monoisotopic (exact) mass is 1470 g/mol. The minimum atomic E-state index is -1.72. The molecule has 14 N–H and O–H groups in total. The zero-order valence-electron chi connectivity index (χ0n) is 63.4. The van der Waals surface area contributed by atoms with E-state index < -0.39 is 158 Å². The van der Waals surface area contributed by atoms with Crippen molar-refractivity contribution in [1.82, 2.24) is 74.4 Å². The van der Waals surface area contributed by atoms with E-state index in [0.717, 1.165) is 52.8 Å². The normalized spacial score (nSPS) is 15.7. The highest BCUT2D eigenvalue weighted by Gasteiger charge is 2.42. The molecule has 1 heterocycles. The van der Waals surface area contributed by atoms with Crippen LogP contribution in [-0.2, 0) is 73.5 Å². The molecule has 0 saturated carbocycles. The van der Waals surface area contributed by atoms with Crippen molar-refractivity contribution in [2.75, 3.05) is 12.3 Å². The highest BCUT2D eigenvalue weighted by Crippen LogP contribution is 2.40. The molecule has 570 valence electrons. The lowest BCUT2D eigenvalue weighted by Gasteiger charge is -2.32. The molecular formula is C72H110N14O15S2. The molecule has 103 heavy (non-hydrogen) atoms. The zero-order chi connectivity index (χ0) is 78.1. The molecular weight excluding hydrogens is 1370 g/mol. The Morgan fingerprint density at radius 2 is 0.728 bits per heavy atom. The second kappa shape index (κ2) is 36.1. The summed E-state index contributed by atoms with van der Waals surface area (Å²) in [6, 6.07) is 8.49. The van der Waals surface area contributed by atoms with Gasteiger partial charge in [0.25, 0.3) is 0 Å². The van der Waals surface area contributed by atoms with Gasteiger partial charge in [-0.15, -0.1) is 0 Å². The van der Waals surface area contributed by atoms with Crippen LogP contribution in [0.1, 0.15) is 183 Å². The Labute approximate surface area is 612 Å². The Balaban J connectivity index is 1.23. The van der Waals surface area contributed by atoms with Gasteiger partial charge in [-0.25, -0.2) is 4.79 Å². The van der Waals surface area contributed by atoms with Crippen molar-refractivity contribution in [3.63, 3.8) is 0 Å². The number of rotatable bonds is 34. The summed E-state index contributed by atoms with van der Waals surface area (Å²) in [5.41, 5.74) is -9.85. The van der Waals surface area contributed by atoms with Crippen molar-refractivity contribution in [2.24, 2.45) is 0 Å². The van der Waals surface area contributed by atoms with Crippen LogP contribution in [0, 0.1) is 0 Å². The quantitative estimate of drug-likeness (QED) is 0.0230. The molecule has 1 fully saturated rings. The summed E-state index contributed by atoms with van der Waals surface area (Å²) in [6.07, 6.45) is 4.37. The number of ether oxygens (including phenoxy) is 1. The van der Waals surface area contributed by atoms with E-state index in [9.17, 15) is 67.1 Å². The van der Waals surface area contributed by atoms with Gasteiger partial charge in [-0.1, -0.05) is 83.0 Å². The maximum Gasteiger partial charge on any atom is 0.408 e. The lowest BCUT2D eigenvalue weighted by atomic mass is 9.92. The fraction of sp³-hybridized carbons (Fsp3) is 0.611. The lowest BCUT2D eigenvalue weighted by Crippen LogP contribution is -2.65. The van der Waals surface area contributed by atoms with E-state index in [1.54, 1.807) is 34.6 Å². The third-order valence-corrected chi connectivity index (χ3v) is 20.0. The molecule has 1 aliphatic rings. The number of fused-ring (bicyclic) bond motifs is 2. The van der Waals surface area contributed by atoms with Crippen molar-refractivity contribution >= 4 is 126 Å². The molecule has 14 amide bonds. The maximum atomic E-state index is 14.1. The molecule has 1 saturated heterocycles. The Morgan fingerprint density at radius 3 is 1.05 bits per heavy atom. The fourth-order valence-corrected chi connectivity index (χ4v) is 13.3. The molecule has 1 unspecified atom stereocenters. The van der Waals surface area contributed by atoms with E-state index >= 15 is 0 Å². The van der Waals surface area contributed by atoms with Crippen LogP contribution in [0.2, 0.25) is 0 Å². The van der Waals surface area contributed by atoms with Crippen LogP contribution in [0.4, 0.5) is 4.79 Å². The van der Waals surface area contributed by atoms with Crippen LogP contribution in [0.5, 0.6) is 0 Å². The summed E-state index contributed by atoms with van der Waals surface area (Å²) >= 11 is 0. The molecule has 0 aliphatic carbocycles. The molecule has 31 heteroatoms. The summed E-state index contributed by atoms with van der Waals surface area (Å²) in [6.45, 7) is 30.3. The van der Waals surface area contributed by atoms with E-state index in [-0.39, 0.29) is 12.3 Å². The minimum absolute atomic E-state index is 0.0114. The smallest absolute Gasteiger partial charge is 0.408 e. The van der Waals surface area contributed by atoms with Gasteiger partial charge in [0.15, 0.2) is 0 Å². The summed E-state index contributed by atoms with van der Waals surface area (Å²) in [4.78, 5) is 189. The van der Waals surface area contributed by atoms with E-state index in [0.29, 0.717) is 11.8 Å². The molecule has 8 atom stereocenters. The summed E-state index contributed by atoms with van der Waals surface area (Å²) in [5.74, 6) is -8.73. The van der Waals surface area contributed by atoms with Gasteiger partial charge in [0.2, 0.25) is 76.8 Å². The number of hydrogen-bond acceptors (Lipinski definition) is 17. The van der Waals surface area contributed by atoms with Gasteiger partial charge in [0.05, 0.1) is 0 Å². The second-order valence-corrected chi connectivity index (χ2v) is 33.3. The Kier molecular flexibility index (Phi) is 30.4. The van der Waals surface area contributed by atoms with E-state index in [1.807, 2.05) is 76.2 Å². The van der Waals surface area contributed by atoms with Crippen LogP contribution in [0.15, 0.2) is 54.6 Å². The number of hydrogen-bond donors (Lipinski definition) is 14. The van der Waals surface area contributed by atoms with E-state index in [1.165, 1.54) is 123 Å². The molecule has 0 aromatic heterocycles. The number of carbonyl (C=O) groups is 14. The van der Waals surface area contributed by atoms with Gasteiger partial charge < -0.3 is 79.2 Å². The third kappa shape index (κ3) is 26.2. The van der Waals surface area contributed by atoms with Crippen LogP contribution in [0.3, 0.4) is 0 Å². The number of unbranched alkanes of at least 4 members (excludes halogenated alkanes) is 2. The number of alkyl carbamates (subject to hydrolysis) is 1. The van der Waals surface area contributed by atoms with Crippen molar-refractivity contribution in [3.05, 3.63) is 60.2 Å². The largest absolute Gasteiger partial charge is 0.444 e. The molecule has 29 nitrogen and oxygen atoms in total. The maximum absolute atomic E-state index is 14.1. The Hall–Kier alpha value is -8.74. The van der Waals surface area contributed by atoms with Crippen molar-refractivity contribution < 1.29 is 71.9 Å². The van der Waals surface area contributed by atoms with Crippen molar-refractivity contribution in [2.45, 2.75) is 270 Å². The van der Waals surface area contributed by atoms with Crippen LogP contribution < -0.4 is 74.4 Å². The fourth-order valence-electron chi connectivity index (χ4n) is 10.3. The molecule has 0 radical (unpaired) electrons. The molecule has 3 aromatic carbocycles. The van der Waals surface area contributed by atoms with Gasteiger partial charge in [-0.3, -0.25) is 62.3 Å². The number of carbonyl (C=O) groups excluding carboxylic acids is 14. The summed E-state index contributed by atoms with van der Waals surface area (Å²) in [5, 5.41) is 40.4. The predicted molar refractivity (Wildman–Crippen MR) is 397 cm³/mol. The average Bonchev–Trinajstić information content (AvgIpc) is 0.961. The first-order valence-corrected chi connectivity index (χ1v) is 37.0. The number of benzene rings is 3. The lowest BCUT2D eigenvalue weighted by molar-refractivity contribution is -0.139. The molecule has 4 rings (SSSR count). The summed E-state index contributed by atoms with van der Waals surface area (Å²) < 4.78 is 5.51. The highest BCUT2D eigenvalue weighted by atomic mass is 33.1. The average molecular weight is 1480 g/mol. The zero-order valence-corrected chi connectivity index (χ0v) is 65.0. The third-order valence-electron chi connectivity index (χ3n) is 17.0. The number of nitrogens with one attached hydrogen (secondary N) is 14. The van der Waals surface area contributed by atoms with Crippen LogP contribution in [0.25, 0.3) is 21.5 Å². The molecule has 0 bridgehead atoms. The first kappa shape index (κ1) is 86.7. The topological polar surface area (TPSA) is 417 Å². The molecule has 0 spiro atoms. The van der Waals surface area contributed by atoms with E-state index in [4.69, 9.17) is 4.74 Å². The van der Waals surface area contributed by atoms with Crippen molar-refractivity contribution in [1.29, 1.82) is 0 Å². The van der Waals surface area contributed by atoms with Gasteiger partial charge in [-0.2, -0.15) is 0 Å². The van der Waals surface area contributed by atoms with Crippen LogP contribution >= 0.6 is 21.6 Å². The second-order valence-electron chi connectivity index (χ2n) is 30.5. The first-order chi connectivity index (χ1) is 47.4. The predicted octanol–water partition coefficient (Wildman–Crippen LogP) is 3.66. The van der Waals surface area contributed by atoms with Gasteiger partial charge in [0, 0.05) is 24.0 Å². The van der Waals surface area contributed by atoms with Crippen LogP contribution in [-0.4, -0.2) is 182 Å². The van der Waals surface area contributed by atoms with Crippen molar-refractivity contribution in [3.8, 4) is 0 Å². The SMILES string of the molecule is C[C@H](NC(=O)[C@H](Cc1c2ccccc2cc2ccccc12)NC(=O)OC(C)(C)C)C(=O)NC(C)(C)C(=O)N[C@@H](C)C(=O)NC(C)(C)C(=O)N[C@@H](C)C(=O)NC(C)(C)C(=O)N[C@@H](C)C(=O)NC(C)(C)C(=O)N[C@@H](C)C(=O)NC(C)(C)C(=O)N[C@@H](C)C(=O)NC(C)(C)C(=O)NCCCCCC1CCSS1. The number of amides is 14. The Morgan fingerprint density at radius 1 is 0.408 bits per heavy atom. The standard InChI is InChI=1S/C72H110N14O15S2/c1-39(74-58(93)51(80-65(100)101-66(7,8)9)38-50-48-32-26-24-29-45(48)37-46-30-25-27-33-49(46)50)52(87)82-68(12,13)60(95)76-41(3)54(89)84-70(16,17)62(97)78-43(5)56(91)86-72(20,21)64(99)79-44(6)57(92)85-71(18,19)63(98)77-42(4)55(90)83-69(14,15)61(96)75-40(2)53(88)81-67(10,11)59(94)73-35-28-22-23-31-47-34-36-102-103-47/h24-27,29-30,32-33,37,39-44,47,51H,22-23,28,31,34-36,38H2,1-21H3,(H,73,94)(H,74,93)(H,75,96)(H,76,95)(H,77,98)(H,78,97)(H,79,99)(H,80,100)(H,81,88)(H,82,87)(H,83,90)(H,84,89)(H,85,92)(H,86,91)/t39-,40-,41-,42-,43-,44-,47?,51-/m0/s1. The molecule has 1 aliphatic heterocycles. The Bertz CT molecular complexity index is 3600. The summed E-state index contributed by atoms with van der Waals surface area (Å²) in [7, 11) is 3.85. The van der Waals surface area contributed by atoms with Gasteiger partial charge in [-0.05, 0) is 198 Å².